The predicted octanol–water partition coefficient (Wildman–Crippen LogP) is 23.9. The highest BCUT2D eigenvalue weighted by Gasteiger charge is 2.30. The number of aliphatic hydroxyl groups is 1. The summed E-state index contributed by atoms with van der Waals surface area (Å²) in [4.78, 5) is 73.0. The molecule has 598 valence electrons. The van der Waals surface area contributed by atoms with Gasteiger partial charge in [0.05, 0.1) is 26.4 Å². The number of ether oxygens (including phenoxy) is 4. The van der Waals surface area contributed by atoms with Crippen molar-refractivity contribution in [3.8, 4) is 0 Å². The second-order valence-electron chi connectivity index (χ2n) is 27.0. The molecule has 5 atom stereocenters. The van der Waals surface area contributed by atoms with Crippen molar-refractivity contribution >= 4 is 39.5 Å². The Labute approximate surface area is 632 Å². The molecule has 0 aromatic rings. The van der Waals surface area contributed by atoms with E-state index in [1.165, 1.54) is 44.9 Å². The molecule has 0 spiro atoms. The number of allylic oxidation sites excluding steroid dienone is 20. The number of carbonyl (C=O) groups is 4. The van der Waals surface area contributed by atoms with Crippen LogP contribution in [0.4, 0.5) is 0 Å². The van der Waals surface area contributed by atoms with Gasteiger partial charge in [0.1, 0.15) is 19.3 Å². The molecule has 0 rings (SSSR count). The standard InChI is InChI=1S/C85H146O17P2/c1-5-9-13-17-21-25-29-33-35-37-39-41-43-47-49-53-57-61-65-69-82(87)95-75-80(101-84(89)71-67-63-59-55-51-45-31-27-23-19-15-11-7-3)77-99-103(91,92)97-73-79(86)74-98-104(93,94)100-78-81(102-85(90)72-68-64-60-56-52-46-32-28-24-20-16-12-8-4)76-96-83(88)70-66-62-58-54-50-48-44-42-40-38-36-34-30-26-22-18-14-10-6-2/h9,13,16,20-22,25-28,31-36,39-42,79-81,86H,5-8,10-12,14-15,17-19,23-24,29-30,37-38,43-78H2,1-4H3,(H,91,92)(H,93,94)/b13-9-,20-16-,25-21-,26-22-,31-27-,32-28-,35-33-,36-34-,41-39-,42-40-. The highest BCUT2D eigenvalue weighted by molar-refractivity contribution is 7.47. The van der Waals surface area contributed by atoms with Gasteiger partial charge >= 0.3 is 39.5 Å². The molecule has 0 aliphatic carbocycles. The van der Waals surface area contributed by atoms with Crippen molar-refractivity contribution in [3.05, 3.63) is 122 Å². The van der Waals surface area contributed by atoms with E-state index in [0.29, 0.717) is 25.7 Å². The summed E-state index contributed by atoms with van der Waals surface area (Å²) >= 11 is 0. The first-order chi connectivity index (χ1) is 50.7. The van der Waals surface area contributed by atoms with Crippen molar-refractivity contribution in [2.75, 3.05) is 39.6 Å². The molecule has 104 heavy (non-hydrogen) atoms. The van der Waals surface area contributed by atoms with Crippen LogP contribution in [0.15, 0.2) is 122 Å². The van der Waals surface area contributed by atoms with Crippen molar-refractivity contribution < 1.29 is 80.2 Å². The molecule has 0 saturated heterocycles. The SMILES string of the molecule is CC/C=C\C/C=C\C/C=C\C/C=C\CCCCCCCCC(=O)OCC(COP(=O)(O)OCC(O)COP(=O)(O)OCC(COC(=O)CCCCCCCC/C=C\C/C=C\C/C=C\CCCCC)OC(=O)CCCCCCC/C=C\C/C=C\CCC)OC(=O)CCCCCCC/C=C\CCCCCC. The van der Waals surface area contributed by atoms with Gasteiger partial charge < -0.3 is 33.8 Å². The van der Waals surface area contributed by atoms with Crippen LogP contribution in [-0.4, -0.2) is 96.7 Å². The maximum Gasteiger partial charge on any atom is 0.472 e. The number of hydrogen-bond acceptors (Lipinski definition) is 15. The maximum absolute atomic E-state index is 13.1. The Morgan fingerprint density at radius 2 is 0.519 bits per heavy atom. The maximum atomic E-state index is 13.1. The fourth-order valence-corrected chi connectivity index (χ4v) is 12.2. The van der Waals surface area contributed by atoms with Crippen LogP contribution in [0, 0.1) is 0 Å². The molecule has 3 N–H and O–H groups in total. The Kier molecular flexibility index (Phi) is 73.3. The van der Waals surface area contributed by atoms with Crippen LogP contribution < -0.4 is 0 Å². The van der Waals surface area contributed by atoms with Gasteiger partial charge in [0, 0.05) is 25.7 Å². The Hall–Kier alpha value is -4.54. The Morgan fingerprint density at radius 3 is 0.837 bits per heavy atom. The van der Waals surface area contributed by atoms with Gasteiger partial charge in [0.15, 0.2) is 12.2 Å². The van der Waals surface area contributed by atoms with Gasteiger partial charge in [-0.3, -0.25) is 37.3 Å². The monoisotopic (exact) mass is 1500 g/mol. The first kappa shape index (κ1) is 99.5. The molecular formula is C85H146O17P2. The lowest BCUT2D eigenvalue weighted by Crippen LogP contribution is -2.30. The number of carbonyl (C=O) groups excluding carboxylic acids is 4. The van der Waals surface area contributed by atoms with Gasteiger partial charge in [-0.2, -0.15) is 0 Å². The molecule has 0 saturated carbocycles. The lowest BCUT2D eigenvalue weighted by atomic mass is 10.1. The van der Waals surface area contributed by atoms with E-state index in [1.54, 1.807) is 0 Å². The van der Waals surface area contributed by atoms with Crippen molar-refractivity contribution in [2.45, 2.75) is 354 Å². The van der Waals surface area contributed by atoms with E-state index in [9.17, 15) is 43.2 Å². The number of esters is 4. The molecule has 17 nitrogen and oxygen atoms in total. The van der Waals surface area contributed by atoms with E-state index in [2.05, 4.69) is 149 Å². The third-order valence-electron chi connectivity index (χ3n) is 16.9. The zero-order valence-electron chi connectivity index (χ0n) is 65.4. The second kappa shape index (κ2) is 76.6. The predicted molar refractivity (Wildman–Crippen MR) is 427 cm³/mol. The van der Waals surface area contributed by atoms with Crippen LogP contribution in [0.1, 0.15) is 336 Å². The molecule has 0 aromatic carbocycles. The molecule has 0 amide bonds. The summed E-state index contributed by atoms with van der Waals surface area (Å²) in [6, 6.07) is 0. The summed E-state index contributed by atoms with van der Waals surface area (Å²) in [7, 11) is -9.97. The first-order valence-corrected chi connectivity index (χ1v) is 43.8. The zero-order chi connectivity index (χ0) is 76.0. The molecule has 0 aromatic heterocycles. The number of hydrogen-bond donors (Lipinski definition) is 3. The van der Waals surface area contributed by atoms with Gasteiger partial charge in [0.2, 0.25) is 0 Å². The second-order valence-corrected chi connectivity index (χ2v) is 29.9. The van der Waals surface area contributed by atoms with Crippen molar-refractivity contribution in [1.29, 1.82) is 0 Å². The Balaban J connectivity index is 5.35. The zero-order valence-corrected chi connectivity index (χ0v) is 67.2. The van der Waals surface area contributed by atoms with E-state index in [4.69, 9.17) is 37.0 Å². The van der Waals surface area contributed by atoms with Gasteiger partial charge in [-0.25, -0.2) is 9.13 Å². The van der Waals surface area contributed by atoms with Crippen molar-refractivity contribution in [2.24, 2.45) is 0 Å². The summed E-state index contributed by atoms with van der Waals surface area (Å²) in [5.41, 5.74) is 0. The third-order valence-corrected chi connectivity index (χ3v) is 18.8. The molecule has 0 fully saturated rings. The van der Waals surface area contributed by atoms with Crippen LogP contribution in [0.3, 0.4) is 0 Å². The van der Waals surface area contributed by atoms with Crippen LogP contribution in [0.2, 0.25) is 0 Å². The average Bonchev–Trinajstić information content (AvgIpc) is 0.913. The minimum Gasteiger partial charge on any atom is -0.462 e. The number of unbranched alkanes of at least 4 members (excludes halogenated alkanes) is 30. The highest BCUT2D eigenvalue weighted by atomic mass is 31.2. The lowest BCUT2D eigenvalue weighted by Gasteiger charge is -2.21. The van der Waals surface area contributed by atoms with Crippen LogP contribution >= 0.6 is 15.6 Å². The summed E-state index contributed by atoms with van der Waals surface area (Å²) < 4.78 is 68.6. The number of phosphoric acid groups is 2. The van der Waals surface area contributed by atoms with Gasteiger partial charge in [-0.05, 0) is 154 Å². The fourth-order valence-electron chi connectivity index (χ4n) is 10.7. The average molecular weight is 1500 g/mol. The molecule has 0 aliphatic heterocycles. The Bertz CT molecular complexity index is 2440. The fraction of sp³-hybridized carbons (Fsp3) is 0.718. The minimum atomic E-state index is -4.99. The third kappa shape index (κ3) is 75.7. The van der Waals surface area contributed by atoms with E-state index in [-0.39, 0.29) is 25.7 Å². The molecule has 0 heterocycles. The van der Waals surface area contributed by atoms with E-state index in [1.807, 2.05) is 0 Å². The van der Waals surface area contributed by atoms with E-state index >= 15 is 0 Å². The van der Waals surface area contributed by atoms with E-state index in [0.717, 1.165) is 212 Å². The first-order valence-electron chi connectivity index (χ1n) is 40.8. The smallest absolute Gasteiger partial charge is 0.462 e. The van der Waals surface area contributed by atoms with Crippen LogP contribution in [0.25, 0.3) is 0 Å². The summed E-state index contributed by atoms with van der Waals surface area (Å²) in [6.45, 7) is 4.62. The topological polar surface area (TPSA) is 237 Å². The van der Waals surface area contributed by atoms with Crippen molar-refractivity contribution in [3.63, 3.8) is 0 Å². The molecule has 0 bridgehead atoms. The lowest BCUT2D eigenvalue weighted by molar-refractivity contribution is -0.161. The molecule has 0 aliphatic rings. The highest BCUT2D eigenvalue weighted by Crippen LogP contribution is 2.45. The summed E-state index contributed by atoms with van der Waals surface area (Å²) in [5.74, 6) is -2.22. The van der Waals surface area contributed by atoms with Crippen molar-refractivity contribution in [1.82, 2.24) is 0 Å². The Morgan fingerprint density at radius 1 is 0.279 bits per heavy atom. The summed E-state index contributed by atoms with van der Waals surface area (Å²) in [5, 5.41) is 10.6. The van der Waals surface area contributed by atoms with Gasteiger partial charge in [-0.1, -0.05) is 278 Å². The molecule has 0 radical (unpaired) electrons. The molecule has 19 heteroatoms. The van der Waals surface area contributed by atoms with E-state index < -0.39 is 97.5 Å². The normalized spacial score (nSPS) is 14.5. The molecule has 5 unspecified atom stereocenters. The van der Waals surface area contributed by atoms with Crippen LogP contribution in [-0.2, 0) is 65.4 Å². The number of rotatable bonds is 76. The minimum absolute atomic E-state index is 0.0740. The quantitative estimate of drug-likeness (QED) is 0.0169. The number of aliphatic hydroxyl groups excluding tert-OH is 1. The van der Waals surface area contributed by atoms with Crippen LogP contribution in [0.5, 0.6) is 0 Å². The van der Waals surface area contributed by atoms with Gasteiger partial charge in [0.25, 0.3) is 0 Å². The largest absolute Gasteiger partial charge is 0.472 e. The summed E-state index contributed by atoms with van der Waals surface area (Å²) in [6.07, 6.45) is 84.5. The van der Waals surface area contributed by atoms with Gasteiger partial charge in [-0.15, -0.1) is 0 Å². The molecular weight excluding hydrogens is 1350 g/mol. The number of phosphoric ester groups is 2.